The third kappa shape index (κ3) is 3.46. The van der Waals surface area contributed by atoms with Gasteiger partial charge >= 0.3 is 0 Å². The summed E-state index contributed by atoms with van der Waals surface area (Å²) in [5, 5.41) is 2.76. The van der Waals surface area contributed by atoms with Crippen molar-refractivity contribution in [2.24, 2.45) is 11.3 Å². The molecular formula is C26H30N2O5S. The highest BCUT2D eigenvalue weighted by Crippen LogP contribution is 2.55. The van der Waals surface area contributed by atoms with Gasteiger partial charge in [-0.25, -0.2) is 8.42 Å². The number of carbonyl (C=O) groups excluding carboxylic acids is 1. The summed E-state index contributed by atoms with van der Waals surface area (Å²) < 4.78 is 41.2. The molecule has 0 radical (unpaired) electrons. The smallest absolute Gasteiger partial charge is 0.243 e. The molecule has 4 aliphatic heterocycles. The first kappa shape index (κ1) is 22.1. The quantitative estimate of drug-likeness (QED) is 0.702. The van der Waals surface area contributed by atoms with Crippen molar-refractivity contribution in [3.63, 3.8) is 0 Å². The maximum Gasteiger partial charge on any atom is 0.243 e. The van der Waals surface area contributed by atoms with Gasteiger partial charge in [0.15, 0.2) is 0 Å². The molecule has 4 aliphatic rings. The van der Waals surface area contributed by atoms with Crippen molar-refractivity contribution in [3.8, 4) is 5.75 Å². The van der Waals surface area contributed by atoms with E-state index in [0.29, 0.717) is 25.4 Å². The number of piperidine rings is 1. The second kappa shape index (κ2) is 7.54. The molecule has 0 unspecified atom stereocenters. The van der Waals surface area contributed by atoms with E-state index in [9.17, 15) is 13.2 Å². The number of hydrogen-bond acceptors (Lipinski definition) is 5. The van der Waals surface area contributed by atoms with Crippen molar-refractivity contribution in [3.05, 3.63) is 53.6 Å². The summed E-state index contributed by atoms with van der Waals surface area (Å²) in [7, 11) is -3.61. The van der Waals surface area contributed by atoms with E-state index in [2.05, 4.69) is 25.2 Å². The highest BCUT2D eigenvalue weighted by Gasteiger charge is 2.53. The van der Waals surface area contributed by atoms with Gasteiger partial charge in [0, 0.05) is 30.3 Å². The van der Waals surface area contributed by atoms with Gasteiger partial charge in [-0.05, 0) is 68.4 Å². The summed E-state index contributed by atoms with van der Waals surface area (Å²) in [5.74, 6) is 1.01. The van der Waals surface area contributed by atoms with Crippen LogP contribution >= 0.6 is 0 Å². The number of benzene rings is 2. The Morgan fingerprint density at radius 2 is 1.85 bits per heavy atom. The third-order valence-electron chi connectivity index (χ3n) is 8.20. The number of nitrogens with one attached hydrogen (secondary N) is 1. The Morgan fingerprint density at radius 3 is 2.65 bits per heavy atom. The third-order valence-corrected chi connectivity index (χ3v) is 10.1. The van der Waals surface area contributed by atoms with Gasteiger partial charge in [-0.2, -0.15) is 4.31 Å². The van der Waals surface area contributed by atoms with Crippen LogP contribution in [0.1, 0.15) is 50.3 Å². The number of nitrogens with zero attached hydrogens (tertiary/aromatic N) is 1. The molecule has 0 aliphatic carbocycles. The van der Waals surface area contributed by atoms with Crippen molar-refractivity contribution in [1.82, 2.24) is 4.31 Å². The number of carbonyl (C=O) groups is 1. The molecule has 1 spiro atoms. The summed E-state index contributed by atoms with van der Waals surface area (Å²) in [6.07, 6.45) is 2.72. The summed E-state index contributed by atoms with van der Waals surface area (Å²) in [5.41, 5.74) is 2.16. The van der Waals surface area contributed by atoms with Crippen LogP contribution in [0.5, 0.6) is 5.75 Å². The van der Waals surface area contributed by atoms with Crippen LogP contribution < -0.4 is 10.1 Å². The Labute approximate surface area is 200 Å². The monoisotopic (exact) mass is 482 g/mol. The summed E-state index contributed by atoms with van der Waals surface area (Å²) in [4.78, 5) is 11.9. The van der Waals surface area contributed by atoms with Crippen LogP contribution in [0.3, 0.4) is 0 Å². The van der Waals surface area contributed by atoms with E-state index in [1.807, 2.05) is 18.2 Å². The molecule has 0 saturated carbocycles. The maximum absolute atomic E-state index is 13.4. The van der Waals surface area contributed by atoms with Crippen molar-refractivity contribution in [1.29, 1.82) is 0 Å². The number of rotatable bonds is 2. The number of anilines is 1. The molecule has 2 aromatic rings. The molecule has 4 heterocycles. The molecule has 8 heteroatoms. The minimum absolute atomic E-state index is 0.00932. The molecule has 2 aromatic carbocycles. The molecule has 180 valence electrons. The number of sulfonamides is 1. The van der Waals surface area contributed by atoms with Gasteiger partial charge in [0.2, 0.25) is 15.9 Å². The summed E-state index contributed by atoms with van der Waals surface area (Å²) in [6.45, 7) is 5.84. The first-order valence-electron chi connectivity index (χ1n) is 12.0. The Balaban J connectivity index is 1.19. The van der Waals surface area contributed by atoms with E-state index >= 15 is 0 Å². The van der Waals surface area contributed by atoms with Crippen LogP contribution in [0.25, 0.3) is 0 Å². The average molecular weight is 483 g/mol. The van der Waals surface area contributed by atoms with Crippen LogP contribution in [-0.2, 0) is 26.0 Å². The number of fused-ring (bicyclic) bond motifs is 4. The molecule has 1 amide bonds. The van der Waals surface area contributed by atoms with E-state index in [0.717, 1.165) is 36.1 Å². The van der Waals surface area contributed by atoms with Gasteiger partial charge in [0.1, 0.15) is 11.4 Å². The van der Waals surface area contributed by atoms with Crippen LogP contribution in [0.15, 0.2) is 47.4 Å². The van der Waals surface area contributed by atoms with Gasteiger partial charge in [-0.1, -0.05) is 18.2 Å². The van der Waals surface area contributed by atoms with E-state index in [-0.39, 0.29) is 40.3 Å². The molecular weight excluding hydrogens is 452 g/mol. The Morgan fingerprint density at radius 1 is 1.09 bits per heavy atom. The standard InChI is InChI=1S/C26H30N2O5S/c1-25(2)20-15-26(16-32-24(20)19-5-3-4-6-22(19)33-25)9-11-28(12-10-26)34(30,31)18-7-8-21-17(13-18)14-23(29)27-21/h3-8,13,20,24H,9-12,14-16H2,1-2H3,(H,27,29)/t20-,24+/m0/s1. The maximum atomic E-state index is 13.4. The van der Waals surface area contributed by atoms with Crippen molar-refractivity contribution in [2.75, 3.05) is 25.0 Å². The highest BCUT2D eigenvalue weighted by molar-refractivity contribution is 7.89. The lowest BCUT2D eigenvalue weighted by molar-refractivity contribution is -0.172. The van der Waals surface area contributed by atoms with Crippen molar-refractivity contribution >= 4 is 21.6 Å². The molecule has 1 N–H and O–H groups in total. The minimum atomic E-state index is -3.61. The van der Waals surface area contributed by atoms with Gasteiger partial charge in [0.25, 0.3) is 0 Å². The topological polar surface area (TPSA) is 84.9 Å². The number of amides is 1. The zero-order valence-electron chi connectivity index (χ0n) is 19.5. The predicted molar refractivity (Wildman–Crippen MR) is 127 cm³/mol. The Bertz CT molecular complexity index is 1260. The second-order valence-electron chi connectivity index (χ2n) is 10.7. The molecule has 0 bridgehead atoms. The molecule has 6 rings (SSSR count). The van der Waals surface area contributed by atoms with E-state index in [4.69, 9.17) is 9.47 Å². The predicted octanol–water partition coefficient (Wildman–Crippen LogP) is 3.90. The molecule has 2 atom stereocenters. The fourth-order valence-corrected chi connectivity index (χ4v) is 7.66. The van der Waals surface area contributed by atoms with Crippen LogP contribution in [0.4, 0.5) is 5.69 Å². The first-order chi connectivity index (χ1) is 16.2. The normalized spacial score (nSPS) is 27.3. The average Bonchev–Trinajstić information content (AvgIpc) is 3.19. The first-order valence-corrected chi connectivity index (χ1v) is 13.4. The van der Waals surface area contributed by atoms with Crippen LogP contribution in [0.2, 0.25) is 0 Å². The number of hydrogen-bond donors (Lipinski definition) is 1. The molecule has 2 saturated heterocycles. The lowest BCUT2D eigenvalue weighted by atomic mass is 9.64. The van der Waals surface area contributed by atoms with Crippen LogP contribution in [0, 0.1) is 11.3 Å². The van der Waals surface area contributed by atoms with Gasteiger partial charge in [-0.15, -0.1) is 0 Å². The molecule has 34 heavy (non-hydrogen) atoms. The lowest BCUT2D eigenvalue weighted by Crippen LogP contribution is -2.54. The molecule has 2 fully saturated rings. The zero-order chi connectivity index (χ0) is 23.7. The fourth-order valence-electron chi connectivity index (χ4n) is 6.16. The largest absolute Gasteiger partial charge is 0.487 e. The van der Waals surface area contributed by atoms with E-state index in [1.165, 1.54) is 0 Å². The van der Waals surface area contributed by atoms with Crippen LogP contribution in [-0.4, -0.2) is 43.9 Å². The second-order valence-corrected chi connectivity index (χ2v) is 12.7. The Hall–Kier alpha value is -2.42. The Kier molecular flexibility index (Phi) is 4.89. The lowest BCUT2D eigenvalue weighted by Gasteiger charge is -2.54. The van der Waals surface area contributed by atoms with E-state index < -0.39 is 10.0 Å². The molecule has 7 nitrogen and oxygen atoms in total. The minimum Gasteiger partial charge on any atom is -0.487 e. The number of para-hydroxylation sites is 1. The summed E-state index contributed by atoms with van der Waals surface area (Å²) in [6, 6.07) is 13.0. The highest BCUT2D eigenvalue weighted by atomic mass is 32.2. The zero-order valence-corrected chi connectivity index (χ0v) is 20.4. The number of ether oxygens (including phenoxy) is 2. The van der Waals surface area contributed by atoms with Crippen molar-refractivity contribution in [2.45, 2.75) is 56.1 Å². The van der Waals surface area contributed by atoms with Gasteiger partial charge in [-0.3, -0.25) is 4.79 Å². The van der Waals surface area contributed by atoms with Gasteiger partial charge < -0.3 is 14.8 Å². The van der Waals surface area contributed by atoms with Crippen molar-refractivity contribution < 1.29 is 22.7 Å². The SMILES string of the molecule is CC1(C)Oc2ccccc2[C@H]2OCC3(CCN(S(=O)(=O)c4ccc5c(c4)CC(=O)N5)CC3)C[C@@H]21. The van der Waals surface area contributed by atoms with E-state index in [1.54, 1.807) is 22.5 Å². The van der Waals surface area contributed by atoms with Gasteiger partial charge in [0.05, 0.1) is 24.0 Å². The molecule has 0 aromatic heterocycles. The summed E-state index contributed by atoms with van der Waals surface area (Å²) >= 11 is 0. The fraction of sp³-hybridized carbons (Fsp3) is 0.500.